The summed E-state index contributed by atoms with van der Waals surface area (Å²) in [5.74, 6) is 0.892. The van der Waals surface area contributed by atoms with Crippen LogP contribution in [0.4, 0.5) is 5.69 Å². The number of benzene rings is 1. The molecule has 2 aliphatic rings. The van der Waals surface area contributed by atoms with Gasteiger partial charge in [0.1, 0.15) is 5.75 Å². The SMILES string of the molecule is COc1ccc(N2CCN([C@H]3C=C(c4cc5ncccc5c(=O)[nH]4)CC3)CC2)cc1. The zero-order valence-corrected chi connectivity index (χ0v) is 17.2. The summed E-state index contributed by atoms with van der Waals surface area (Å²) in [6.45, 7) is 4.11. The quantitative estimate of drug-likeness (QED) is 0.726. The molecule has 1 saturated heterocycles. The van der Waals surface area contributed by atoms with Crippen LogP contribution in [0.15, 0.2) is 59.5 Å². The molecule has 0 bridgehead atoms. The molecule has 6 heteroatoms. The highest BCUT2D eigenvalue weighted by Crippen LogP contribution is 2.31. The van der Waals surface area contributed by atoms with E-state index in [1.54, 1.807) is 19.4 Å². The van der Waals surface area contributed by atoms with Crippen molar-refractivity contribution in [2.45, 2.75) is 18.9 Å². The summed E-state index contributed by atoms with van der Waals surface area (Å²) in [5, 5.41) is 0.644. The van der Waals surface area contributed by atoms with E-state index in [4.69, 9.17) is 4.74 Å². The predicted octanol–water partition coefficient (Wildman–Crippen LogP) is 3.30. The molecule has 1 atom stereocenters. The Balaban J connectivity index is 1.27. The summed E-state index contributed by atoms with van der Waals surface area (Å²) in [5.41, 5.74) is 4.08. The maximum Gasteiger partial charge on any atom is 0.257 e. The van der Waals surface area contributed by atoms with Gasteiger partial charge in [0, 0.05) is 49.8 Å². The molecule has 0 spiro atoms. The third kappa shape index (κ3) is 3.59. The van der Waals surface area contributed by atoms with Gasteiger partial charge in [-0.15, -0.1) is 0 Å². The second-order valence-corrected chi connectivity index (χ2v) is 7.97. The van der Waals surface area contributed by atoms with Crippen molar-refractivity contribution in [3.05, 3.63) is 70.8 Å². The summed E-state index contributed by atoms with van der Waals surface area (Å²) in [6.07, 6.45) is 6.15. The Bertz CT molecular complexity index is 1130. The number of allylic oxidation sites excluding steroid dienone is 1. The number of methoxy groups -OCH3 is 1. The highest BCUT2D eigenvalue weighted by Gasteiger charge is 2.27. The van der Waals surface area contributed by atoms with Gasteiger partial charge in [0.15, 0.2) is 0 Å². The Morgan fingerprint density at radius 2 is 1.90 bits per heavy atom. The lowest BCUT2D eigenvalue weighted by atomic mass is 10.1. The van der Waals surface area contributed by atoms with Crippen LogP contribution >= 0.6 is 0 Å². The Morgan fingerprint density at radius 1 is 1.10 bits per heavy atom. The predicted molar refractivity (Wildman–Crippen MR) is 120 cm³/mol. The standard InChI is InChI=1S/C24H26N4O2/c1-30-20-8-6-18(7-9-20)27-11-13-28(14-12-27)19-5-4-17(15-19)22-16-23-21(24(29)26-22)3-2-10-25-23/h2-3,6-10,15-16,19H,4-5,11-14H2,1H3,(H,26,29)/t19-/m1/s1. The number of aromatic nitrogens is 2. The summed E-state index contributed by atoms with van der Waals surface area (Å²) in [7, 11) is 1.70. The van der Waals surface area contributed by atoms with E-state index in [2.05, 4.69) is 38.0 Å². The van der Waals surface area contributed by atoms with Crippen molar-refractivity contribution in [3.63, 3.8) is 0 Å². The topological polar surface area (TPSA) is 61.5 Å². The van der Waals surface area contributed by atoms with E-state index in [9.17, 15) is 4.79 Å². The van der Waals surface area contributed by atoms with Crippen molar-refractivity contribution in [2.75, 3.05) is 38.2 Å². The van der Waals surface area contributed by atoms with Crippen molar-refractivity contribution in [2.24, 2.45) is 0 Å². The van der Waals surface area contributed by atoms with E-state index in [-0.39, 0.29) is 5.56 Å². The van der Waals surface area contributed by atoms with E-state index in [0.717, 1.165) is 56.0 Å². The molecule has 0 amide bonds. The highest BCUT2D eigenvalue weighted by molar-refractivity contribution is 5.81. The summed E-state index contributed by atoms with van der Waals surface area (Å²) in [6, 6.07) is 14.4. The molecule has 30 heavy (non-hydrogen) atoms. The van der Waals surface area contributed by atoms with E-state index in [1.165, 1.54) is 11.3 Å². The smallest absolute Gasteiger partial charge is 0.257 e. The first-order valence-electron chi connectivity index (χ1n) is 10.5. The van der Waals surface area contributed by atoms with Crippen LogP contribution in [-0.2, 0) is 0 Å². The molecule has 1 N–H and O–H groups in total. The van der Waals surface area contributed by atoms with Crippen LogP contribution < -0.4 is 15.2 Å². The van der Waals surface area contributed by atoms with Crippen LogP contribution in [0.25, 0.3) is 16.5 Å². The summed E-state index contributed by atoms with van der Waals surface area (Å²) in [4.78, 5) is 24.8. The normalized spacial score (nSPS) is 19.8. The molecule has 154 valence electrons. The Labute approximate surface area is 175 Å². The second-order valence-electron chi connectivity index (χ2n) is 7.97. The average molecular weight is 402 g/mol. The molecular formula is C24H26N4O2. The van der Waals surface area contributed by atoms with E-state index in [0.29, 0.717) is 11.4 Å². The van der Waals surface area contributed by atoms with Gasteiger partial charge in [-0.05, 0) is 60.9 Å². The van der Waals surface area contributed by atoms with Crippen molar-refractivity contribution in [3.8, 4) is 5.75 Å². The van der Waals surface area contributed by atoms with Crippen LogP contribution in [0.2, 0.25) is 0 Å². The number of pyridine rings is 2. The van der Waals surface area contributed by atoms with Gasteiger partial charge in [-0.2, -0.15) is 0 Å². The zero-order chi connectivity index (χ0) is 20.5. The number of nitrogens with one attached hydrogen (secondary N) is 1. The molecule has 0 saturated carbocycles. The van der Waals surface area contributed by atoms with Crippen LogP contribution in [0.5, 0.6) is 5.75 Å². The van der Waals surface area contributed by atoms with E-state index in [1.807, 2.05) is 24.3 Å². The molecule has 3 aromatic rings. The van der Waals surface area contributed by atoms with Gasteiger partial charge < -0.3 is 14.6 Å². The molecule has 2 aromatic heterocycles. The third-order valence-corrected chi connectivity index (χ3v) is 6.28. The van der Waals surface area contributed by atoms with Crippen LogP contribution in [-0.4, -0.2) is 54.2 Å². The summed E-state index contributed by atoms with van der Waals surface area (Å²) < 4.78 is 5.26. The third-order valence-electron chi connectivity index (χ3n) is 6.28. The van der Waals surface area contributed by atoms with Gasteiger partial charge in [-0.25, -0.2) is 0 Å². The molecular weight excluding hydrogens is 376 g/mol. The summed E-state index contributed by atoms with van der Waals surface area (Å²) >= 11 is 0. The lowest BCUT2D eigenvalue weighted by Crippen LogP contribution is -2.49. The van der Waals surface area contributed by atoms with Gasteiger partial charge in [0.25, 0.3) is 5.56 Å². The maximum absolute atomic E-state index is 12.4. The minimum absolute atomic E-state index is 0.0620. The number of hydrogen-bond acceptors (Lipinski definition) is 5. The average Bonchev–Trinajstić information content (AvgIpc) is 3.30. The largest absolute Gasteiger partial charge is 0.497 e. The van der Waals surface area contributed by atoms with Crippen LogP contribution in [0.3, 0.4) is 0 Å². The Kier molecular flexibility index (Phi) is 5.01. The number of aromatic amines is 1. The van der Waals surface area contributed by atoms with E-state index >= 15 is 0 Å². The minimum Gasteiger partial charge on any atom is -0.497 e. The number of nitrogens with zero attached hydrogens (tertiary/aromatic N) is 3. The highest BCUT2D eigenvalue weighted by atomic mass is 16.5. The number of fused-ring (bicyclic) bond motifs is 1. The molecule has 1 aliphatic heterocycles. The lowest BCUT2D eigenvalue weighted by Gasteiger charge is -2.38. The Morgan fingerprint density at radius 3 is 2.67 bits per heavy atom. The van der Waals surface area contributed by atoms with Gasteiger partial charge >= 0.3 is 0 Å². The van der Waals surface area contributed by atoms with E-state index < -0.39 is 0 Å². The number of H-pyrrole nitrogens is 1. The molecule has 1 aromatic carbocycles. The number of ether oxygens (including phenoxy) is 1. The lowest BCUT2D eigenvalue weighted by molar-refractivity contribution is 0.214. The fraction of sp³-hybridized carbons (Fsp3) is 0.333. The van der Waals surface area contributed by atoms with Crippen LogP contribution in [0, 0.1) is 0 Å². The number of hydrogen-bond donors (Lipinski definition) is 1. The molecule has 0 unspecified atom stereocenters. The van der Waals surface area contributed by atoms with Gasteiger partial charge in [-0.1, -0.05) is 6.08 Å². The molecule has 3 heterocycles. The Hall–Kier alpha value is -3.12. The van der Waals surface area contributed by atoms with Crippen LogP contribution in [0.1, 0.15) is 18.5 Å². The number of piperazine rings is 1. The maximum atomic E-state index is 12.4. The fourth-order valence-corrected chi connectivity index (χ4v) is 4.58. The van der Waals surface area contributed by atoms with Crippen molar-refractivity contribution >= 4 is 22.2 Å². The number of anilines is 1. The number of rotatable bonds is 4. The molecule has 5 rings (SSSR count). The molecule has 0 radical (unpaired) electrons. The second kappa shape index (κ2) is 7.95. The van der Waals surface area contributed by atoms with Gasteiger partial charge in [0.2, 0.25) is 0 Å². The zero-order valence-electron chi connectivity index (χ0n) is 17.2. The van der Waals surface area contributed by atoms with Gasteiger partial charge in [0.05, 0.1) is 18.0 Å². The van der Waals surface area contributed by atoms with Crippen molar-refractivity contribution < 1.29 is 4.74 Å². The van der Waals surface area contributed by atoms with Crippen molar-refractivity contribution in [1.82, 2.24) is 14.9 Å². The first kappa shape index (κ1) is 18.9. The first-order chi connectivity index (χ1) is 14.7. The van der Waals surface area contributed by atoms with Crippen molar-refractivity contribution in [1.29, 1.82) is 0 Å². The molecule has 1 aliphatic carbocycles. The minimum atomic E-state index is -0.0620. The molecule has 6 nitrogen and oxygen atoms in total. The monoisotopic (exact) mass is 402 g/mol. The first-order valence-corrected chi connectivity index (χ1v) is 10.5. The molecule has 1 fully saturated rings. The fourth-order valence-electron chi connectivity index (χ4n) is 4.58. The van der Waals surface area contributed by atoms with Gasteiger partial charge in [-0.3, -0.25) is 14.7 Å².